The number of hydrogen-bond donors (Lipinski definition) is 2. The lowest BCUT2D eigenvalue weighted by Gasteiger charge is -2.32. The number of nitrogens with zero attached hydrogens (tertiary/aromatic N) is 5. The molecule has 1 atom stereocenters. The normalized spacial score (nSPS) is 22.7. The first-order chi connectivity index (χ1) is 13.2. The lowest BCUT2D eigenvalue weighted by Crippen LogP contribution is -2.38. The molecule has 2 aromatic heterocycles. The van der Waals surface area contributed by atoms with Crippen LogP contribution in [0.5, 0.6) is 0 Å². The third-order valence-corrected chi connectivity index (χ3v) is 5.53. The van der Waals surface area contributed by atoms with Crippen molar-refractivity contribution < 1.29 is 9.53 Å². The Hall–Kier alpha value is -2.26. The minimum Gasteiger partial charge on any atom is -0.381 e. The molecule has 4 heterocycles. The lowest BCUT2D eigenvalue weighted by molar-refractivity contribution is 0.0450. The monoisotopic (exact) mass is 373 g/mol. The van der Waals surface area contributed by atoms with E-state index in [9.17, 15) is 4.79 Å². The highest BCUT2D eigenvalue weighted by atomic mass is 16.5. The fourth-order valence-electron chi connectivity index (χ4n) is 4.00. The second-order valence-electron chi connectivity index (χ2n) is 7.39. The van der Waals surface area contributed by atoms with Gasteiger partial charge in [0.1, 0.15) is 11.5 Å². The molecule has 2 aliphatic heterocycles. The van der Waals surface area contributed by atoms with E-state index in [0.29, 0.717) is 24.7 Å². The van der Waals surface area contributed by atoms with Crippen molar-refractivity contribution in [1.82, 2.24) is 34.9 Å². The summed E-state index contributed by atoms with van der Waals surface area (Å²) in [5.74, 6) is 2.28. The van der Waals surface area contributed by atoms with Crippen molar-refractivity contribution in [1.29, 1.82) is 0 Å². The third kappa shape index (κ3) is 4.19. The van der Waals surface area contributed by atoms with Gasteiger partial charge in [-0.05, 0) is 32.1 Å². The van der Waals surface area contributed by atoms with Gasteiger partial charge in [0, 0.05) is 39.4 Å². The van der Waals surface area contributed by atoms with E-state index in [4.69, 9.17) is 4.74 Å². The van der Waals surface area contributed by atoms with Gasteiger partial charge >= 0.3 is 0 Å². The van der Waals surface area contributed by atoms with E-state index in [0.717, 1.165) is 57.2 Å². The Bertz CT molecular complexity index is 739. The maximum absolute atomic E-state index is 12.7. The summed E-state index contributed by atoms with van der Waals surface area (Å²) in [6.07, 6.45) is 6.13. The highest BCUT2D eigenvalue weighted by Crippen LogP contribution is 2.28. The van der Waals surface area contributed by atoms with Crippen LogP contribution in [0, 0.1) is 12.8 Å². The standard InChI is InChI=1S/C18H27N7O2/c1-13-21-17(23-22-13)16-2-5-24(18(26)15-10-19-12-20-15)6-7-25(16)11-14-3-8-27-9-4-14/h10,12,14,16H,2-9,11H2,1H3,(H,19,20)(H,21,22,23). The molecule has 2 saturated heterocycles. The van der Waals surface area contributed by atoms with Crippen molar-refractivity contribution in [2.45, 2.75) is 32.2 Å². The van der Waals surface area contributed by atoms with Gasteiger partial charge in [0.2, 0.25) is 0 Å². The number of rotatable bonds is 4. The lowest BCUT2D eigenvalue weighted by atomic mass is 9.98. The van der Waals surface area contributed by atoms with Gasteiger partial charge in [-0.25, -0.2) is 9.97 Å². The van der Waals surface area contributed by atoms with Crippen molar-refractivity contribution in [2.24, 2.45) is 5.92 Å². The Morgan fingerprint density at radius 2 is 2.11 bits per heavy atom. The summed E-state index contributed by atoms with van der Waals surface area (Å²) in [5.41, 5.74) is 0.540. The zero-order valence-electron chi connectivity index (χ0n) is 15.7. The molecule has 0 saturated carbocycles. The molecule has 27 heavy (non-hydrogen) atoms. The number of aryl methyl sites for hydroxylation is 1. The van der Waals surface area contributed by atoms with Crippen LogP contribution in [-0.4, -0.2) is 80.2 Å². The minimum atomic E-state index is 0.00494. The first-order valence-electron chi connectivity index (χ1n) is 9.69. The number of amides is 1. The number of aromatic amines is 2. The molecule has 0 spiro atoms. The second kappa shape index (κ2) is 8.18. The average molecular weight is 373 g/mol. The second-order valence-corrected chi connectivity index (χ2v) is 7.39. The topological polar surface area (TPSA) is 103 Å². The largest absolute Gasteiger partial charge is 0.381 e. The summed E-state index contributed by atoms with van der Waals surface area (Å²) in [6.45, 7) is 6.79. The van der Waals surface area contributed by atoms with Gasteiger partial charge < -0.3 is 14.6 Å². The van der Waals surface area contributed by atoms with Crippen LogP contribution >= 0.6 is 0 Å². The Balaban J connectivity index is 1.50. The molecule has 146 valence electrons. The number of nitrogens with one attached hydrogen (secondary N) is 2. The maximum Gasteiger partial charge on any atom is 0.271 e. The number of imidazole rings is 1. The molecule has 1 unspecified atom stereocenters. The molecule has 2 fully saturated rings. The Morgan fingerprint density at radius 3 is 2.81 bits per heavy atom. The van der Waals surface area contributed by atoms with E-state index in [1.807, 2.05) is 11.8 Å². The molecule has 4 rings (SSSR count). The summed E-state index contributed by atoms with van der Waals surface area (Å²) in [6, 6.07) is 0.123. The van der Waals surface area contributed by atoms with Crippen LogP contribution in [0.25, 0.3) is 0 Å². The van der Waals surface area contributed by atoms with Crippen LogP contribution in [0.3, 0.4) is 0 Å². The summed E-state index contributed by atoms with van der Waals surface area (Å²) >= 11 is 0. The van der Waals surface area contributed by atoms with Crippen molar-refractivity contribution in [3.63, 3.8) is 0 Å². The Kier molecular flexibility index (Phi) is 5.49. The quantitative estimate of drug-likeness (QED) is 0.833. The molecular weight excluding hydrogens is 346 g/mol. The predicted molar refractivity (Wildman–Crippen MR) is 98.1 cm³/mol. The van der Waals surface area contributed by atoms with Gasteiger partial charge in [-0.2, -0.15) is 5.10 Å². The van der Waals surface area contributed by atoms with Crippen molar-refractivity contribution >= 4 is 5.91 Å². The van der Waals surface area contributed by atoms with E-state index in [1.54, 1.807) is 12.5 Å². The van der Waals surface area contributed by atoms with Crippen LogP contribution in [0.2, 0.25) is 0 Å². The smallest absolute Gasteiger partial charge is 0.271 e. The first kappa shape index (κ1) is 18.1. The van der Waals surface area contributed by atoms with Gasteiger partial charge in [-0.15, -0.1) is 0 Å². The van der Waals surface area contributed by atoms with E-state index < -0.39 is 0 Å². The van der Waals surface area contributed by atoms with E-state index in [2.05, 4.69) is 30.0 Å². The van der Waals surface area contributed by atoms with Gasteiger partial charge in [-0.3, -0.25) is 14.8 Å². The molecule has 2 N–H and O–H groups in total. The SMILES string of the molecule is Cc1nc(C2CCN(C(=O)c3cnc[nH]3)CCN2CC2CCOCC2)n[nH]1. The summed E-state index contributed by atoms with van der Waals surface area (Å²) in [4.78, 5) is 28.6. The molecule has 9 heteroatoms. The Labute approximate surface area is 158 Å². The van der Waals surface area contributed by atoms with Crippen molar-refractivity contribution in [3.8, 4) is 0 Å². The van der Waals surface area contributed by atoms with Gasteiger partial charge in [0.25, 0.3) is 5.91 Å². The number of carbonyl (C=O) groups is 1. The molecule has 2 aromatic rings. The molecule has 9 nitrogen and oxygen atoms in total. The highest BCUT2D eigenvalue weighted by Gasteiger charge is 2.32. The number of aromatic nitrogens is 5. The van der Waals surface area contributed by atoms with Gasteiger partial charge in [0.05, 0.1) is 18.6 Å². The third-order valence-electron chi connectivity index (χ3n) is 5.53. The fraction of sp³-hybridized carbons (Fsp3) is 0.667. The molecule has 0 bridgehead atoms. The number of H-pyrrole nitrogens is 2. The number of hydrogen-bond acceptors (Lipinski definition) is 6. The maximum atomic E-state index is 12.7. The summed E-state index contributed by atoms with van der Waals surface area (Å²) in [7, 11) is 0. The number of carbonyl (C=O) groups excluding carboxylic acids is 1. The zero-order chi connectivity index (χ0) is 18.6. The zero-order valence-corrected chi connectivity index (χ0v) is 15.7. The van der Waals surface area contributed by atoms with Gasteiger partial charge in [-0.1, -0.05) is 0 Å². The molecular formula is C18H27N7O2. The molecule has 1 amide bonds. The molecule has 2 aliphatic rings. The predicted octanol–water partition coefficient (Wildman–Crippen LogP) is 1.15. The molecule has 0 radical (unpaired) electrons. The van der Waals surface area contributed by atoms with Gasteiger partial charge in [0.15, 0.2) is 5.82 Å². The highest BCUT2D eigenvalue weighted by molar-refractivity contribution is 5.92. The minimum absolute atomic E-state index is 0.00494. The van der Waals surface area contributed by atoms with Crippen molar-refractivity contribution in [3.05, 3.63) is 29.9 Å². The summed E-state index contributed by atoms with van der Waals surface area (Å²) < 4.78 is 5.51. The Morgan fingerprint density at radius 1 is 1.26 bits per heavy atom. The molecule has 0 aliphatic carbocycles. The van der Waals surface area contributed by atoms with E-state index in [1.165, 1.54) is 0 Å². The fourth-order valence-corrected chi connectivity index (χ4v) is 4.00. The van der Waals surface area contributed by atoms with Crippen molar-refractivity contribution in [2.75, 3.05) is 39.4 Å². The van der Waals surface area contributed by atoms with E-state index in [-0.39, 0.29) is 11.9 Å². The van der Waals surface area contributed by atoms with E-state index >= 15 is 0 Å². The number of ether oxygens (including phenoxy) is 1. The van der Waals surface area contributed by atoms with Crippen LogP contribution in [0.1, 0.15) is 47.4 Å². The van der Waals surface area contributed by atoms with Crippen LogP contribution in [0.4, 0.5) is 0 Å². The van der Waals surface area contributed by atoms with Crippen LogP contribution in [0.15, 0.2) is 12.5 Å². The van der Waals surface area contributed by atoms with Crippen LogP contribution in [-0.2, 0) is 4.74 Å². The summed E-state index contributed by atoms with van der Waals surface area (Å²) in [5, 5.41) is 7.39. The first-order valence-corrected chi connectivity index (χ1v) is 9.69. The van der Waals surface area contributed by atoms with Crippen LogP contribution < -0.4 is 0 Å². The average Bonchev–Trinajstić information content (AvgIpc) is 3.32. The molecule has 0 aromatic carbocycles.